The lowest BCUT2D eigenvalue weighted by atomic mass is 10.1. The predicted molar refractivity (Wildman–Crippen MR) is 82.5 cm³/mol. The van der Waals surface area contributed by atoms with Crippen molar-refractivity contribution in [1.82, 2.24) is 15.5 Å². The molecule has 1 aromatic rings. The van der Waals surface area contributed by atoms with Gasteiger partial charge in [-0.1, -0.05) is 6.07 Å². The van der Waals surface area contributed by atoms with Crippen LogP contribution in [-0.4, -0.2) is 48.4 Å². The number of hydrogen-bond donors (Lipinski definition) is 2. The van der Waals surface area contributed by atoms with E-state index in [2.05, 4.69) is 10.6 Å². The van der Waals surface area contributed by atoms with E-state index in [-0.39, 0.29) is 30.3 Å². The molecule has 2 atom stereocenters. The zero-order chi connectivity index (χ0) is 13.8. The minimum atomic E-state index is -0.491. The van der Waals surface area contributed by atoms with E-state index in [1.54, 1.807) is 13.0 Å². The second-order valence-corrected chi connectivity index (χ2v) is 5.70. The van der Waals surface area contributed by atoms with Crippen LogP contribution in [0, 0.1) is 0 Å². The molecule has 2 N–H and O–H groups in total. The normalized spacial score (nSPS) is 19.9. The second-order valence-electron chi connectivity index (χ2n) is 4.76. The van der Waals surface area contributed by atoms with Gasteiger partial charge in [-0.15, -0.1) is 23.7 Å². The zero-order valence-corrected chi connectivity index (χ0v) is 13.2. The Morgan fingerprint density at radius 2 is 2.30 bits per heavy atom. The first-order valence-electron chi connectivity index (χ1n) is 6.45. The van der Waals surface area contributed by atoms with Crippen LogP contribution >= 0.6 is 23.7 Å². The molecule has 1 fully saturated rings. The van der Waals surface area contributed by atoms with E-state index >= 15 is 0 Å². The smallest absolute Gasteiger partial charge is 0.261 e. The molecule has 5 nitrogen and oxygen atoms in total. The van der Waals surface area contributed by atoms with Crippen molar-refractivity contribution in [3.8, 4) is 0 Å². The molecular formula is C13H20ClN3O2S. The van der Waals surface area contributed by atoms with Crippen molar-refractivity contribution in [2.45, 2.75) is 25.9 Å². The lowest BCUT2D eigenvalue weighted by Gasteiger charge is -2.35. The van der Waals surface area contributed by atoms with E-state index in [9.17, 15) is 9.59 Å². The first-order chi connectivity index (χ1) is 9.09. The maximum atomic E-state index is 12.3. The van der Waals surface area contributed by atoms with Crippen LogP contribution in [0.4, 0.5) is 0 Å². The van der Waals surface area contributed by atoms with E-state index in [0.717, 1.165) is 13.1 Å². The van der Waals surface area contributed by atoms with Crippen LogP contribution in [0.3, 0.4) is 0 Å². The monoisotopic (exact) mass is 317 g/mol. The van der Waals surface area contributed by atoms with Gasteiger partial charge in [0.15, 0.2) is 0 Å². The highest BCUT2D eigenvalue weighted by molar-refractivity contribution is 7.12. The van der Waals surface area contributed by atoms with Crippen molar-refractivity contribution < 1.29 is 9.59 Å². The van der Waals surface area contributed by atoms with Gasteiger partial charge < -0.3 is 15.5 Å². The van der Waals surface area contributed by atoms with Crippen molar-refractivity contribution >= 4 is 35.6 Å². The Bertz CT molecular complexity index is 452. The summed E-state index contributed by atoms with van der Waals surface area (Å²) in [5, 5.41) is 7.85. The molecule has 7 heteroatoms. The fourth-order valence-electron chi connectivity index (χ4n) is 2.15. The quantitative estimate of drug-likeness (QED) is 0.878. The van der Waals surface area contributed by atoms with Crippen LogP contribution in [0.5, 0.6) is 0 Å². The number of carbonyl (C=O) groups excluding carboxylic acids is 2. The minimum absolute atomic E-state index is 0. The third-order valence-electron chi connectivity index (χ3n) is 3.25. The Labute approximate surface area is 129 Å². The number of nitrogens with one attached hydrogen (secondary N) is 2. The van der Waals surface area contributed by atoms with Crippen molar-refractivity contribution in [3.63, 3.8) is 0 Å². The van der Waals surface area contributed by atoms with E-state index in [4.69, 9.17) is 0 Å². The number of halogens is 1. The topological polar surface area (TPSA) is 61.4 Å². The van der Waals surface area contributed by atoms with Gasteiger partial charge in [-0.2, -0.15) is 0 Å². The molecule has 2 heterocycles. The number of carbonyl (C=O) groups is 2. The van der Waals surface area contributed by atoms with Crippen LogP contribution < -0.4 is 10.6 Å². The second kappa shape index (κ2) is 7.61. The van der Waals surface area contributed by atoms with Crippen molar-refractivity contribution in [3.05, 3.63) is 22.4 Å². The fourth-order valence-corrected chi connectivity index (χ4v) is 2.78. The van der Waals surface area contributed by atoms with Crippen LogP contribution in [0.2, 0.25) is 0 Å². The molecule has 0 bridgehead atoms. The summed E-state index contributed by atoms with van der Waals surface area (Å²) in [6.07, 6.45) is 0. The Morgan fingerprint density at radius 3 is 2.90 bits per heavy atom. The summed E-state index contributed by atoms with van der Waals surface area (Å²) in [4.78, 5) is 26.7. The summed E-state index contributed by atoms with van der Waals surface area (Å²) >= 11 is 1.37. The molecule has 0 spiro atoms. The van der Waals surface area contributed by atoms with Crippen LogP contribution in [-0.2, 0) is 4.79 Å². The largest absolute Gasteiger partial charge is 0.340 e. The molecule has 1 unspecified atom stereocenters. The molecule has 1 aromatic heterocycles. The van der Waals surface area contributed by atoms with Gasteiger partial charge >= 0.3 is 0 Å². The summed E-state index contributed by atoms with van der Waals surface area (Å²) in [6.45, 7) is 6.05. The van der Waals surface area contributed by atoms with Gasteiger partial charge in [0.1, 0.15) is 6.04 Å². The van der Waals surface area contributed by atoms with E-state index in [1.807, 2.05) is 23.3 Å². The van der Waals surface area contributed by atoms with E-state index in [1.165, 1.54) is 11.3 Å². The molecule has 20 heavy (non-hydrogen) atoms. The highest BCUT2D eigenvalue weighted by atomic mass is 35.5. The molecule has 1 aliphatic rings. The van der Waals surface area contributed by atoms with Crippen LogP contribution in [0.15, 0.2) is 17.5 Å². The molecule has 112 valence electrons. The van der Waals surface area contributed by atoms with Gasteiger partial charge in [-0.3, -0.25) is 9.59 Å². The van der Waals surface area contributed by atoms with E-state index in [0.29, 0.717) is 11.4 Å². The molecule has 0 aliphatic carbocycles. The van der Waals surface area contributed by atoms with E-state index < -0.39 is 6.04 Å². The van der Waals surface area contributed by atoms with Gasteiger partial charge in [0.2, 0.25) is 5.91 Å². The molecule has 0 saturated carbocycles. The predicted octanol–water partition coefficient (Wildman–Crippen LogP) is 1.11. The third kappa shape index (κ3) is 3.94. The molecule has 2 amide bonds. The molecular weight excluding hydrogens is 298 g/mol. The van der Waals surface area contributed by atoms with Crippen LogP contribution in [0.1, 0.15) is 23.5 Å². The summed E-state index contributed by atoms with van der Waals surface area (Å²) in [5.41, 5.74) is 0. The standard InChI is InChI=1S/C13H19N3O2S.ClH/c1-9-8-14-5-6-16(9)13(18)10(2)15-12(17)11-4-3-7-19-11;/h3-4,7,9-10,14H,5-6,8H2,1-2H3,(H,15,17);1H/t9-,10?;/m0./s1. The number of rotatable bonds is 3. The number of piperazine rings is 1. The van der Waals surface area contributed by atoms with Gasteiger partial charge in [0, 0.05) is 25.7 Å². The maximum absolute atomic E-state index is 12.3. The Hall–Kier alpha value is -1.11. The highest BCUT2D eigenvalue weighted by Gasteiger charge is 2.27. The van der Waals surface area contributed by atoms with Crippen molar-refractivity contribution in [1.29, 1.82) is 0 Å². The van der Waals surface area contributed by atoms with Gasteiger partial charge in [-0.25, -0.2) is 0 Å². The molecule has 0 radical (unpaired) electrons. The van der Waals surface area contributed by atoms with Gasteiger partial charge in [0.25, 0.3) is 5.91 Å². The zero-order valence-electron chi connectivity index (χ0n) is 11.6. The SMILES string of the molecule is CC(NC(=O)c1cccs1)C(=O)N1CCNC[C@@H]1C.Cl. The first-order valence-corrected chi connectivity index (χ1v) is 7.33. The van der Waals surface area contributed by atoms with Crippen molar-refractivity contribution in [2.24, 2.45) is 0 Å². The summed E-state index contributed by atoms with van der Waals surface area (Å²) in [5.74, 6) is -0.197. The number of amides is 2. The van der Waals surface area contributed by atoms with Gasteiger partial charge in [-0.05, 0) is 25.3 Å². The highest BCUT2D eigenvalue weighted by Crippen LogP contribution is 2.09. The molecule has 2 rings (SSSR count). The average molecular weight is 318 g/mol. The Balaban J connectivity index is 0.00000200. The Kier molecular flexibility index (Phi) is 6.45. The van der Waals surface area contributed by atoms with Crippen LogP contribution in [0.25, 0.3) is 0 Å². The fraction of sp³-hybridized carbons (Fsp3) is 0.538. The summed E-state index contributed by atoms with van der Waals surface area (Å²) in [7, 11) is 0. The number of thiophene rings is 1. The minimum Gasteiger partial charge on any atom is -0.340 e. The van der Waals surface area contributed by atoms with Gasteiger partial charge in [0.05, 0.1) is 4.88 Å². The lowest BCUT2D eigenvalue weighted by Crippen LogP contribution is -2.57. The number of nitrogens with zero attached hydrogens (tertiary/aromatic N) is 1. The lowest BCUT2D eigenvalue weighted by molar-refractivity contribution is -0.135. The third-order valence-corrected chi connectivity index (χ3v) is 4.12. The molecule has 0 aromatic carbocycles. The average Bonchev–Trinajstić information content (AvgIpc) is 2.92. The summed E-state index contributed by atoms with van der Waals surface area (Å²) < 4.78 is 0. The molecule has 1 saturated heterocycles. The first kappa shape index (κ1) is 16.9. The molecule has 1 aliphatic heterocycles. The summed E-state index contributed by atoms with van der Waals surface area (Å²) in [6, 6.07) is 3.26. The number of hydrogen-bond acceptors (Lipinski definition) is 4. The Morgan fingerprint density at radius 1 is 1.55 bits per heavy atom. The maximum Gasteiger partial charge on any atom is 0.261 e. The van der Waals surface area contributed by atoms with Crippen molar-refractivity contribution in [2.75, 3.05) is 19.6 Å².